The minimum atomic E-state index is -5.79. The van der Waals surface area contributed by atoms with Gasteiger partial charge in [-0.1, -0.05) is 30.3 Å². The Labute approximate surface area is 140 Å². The molecule has 0 unspecified atom stereocenters. The first-order chi connectivity index (χ1) is 11.3. The molecule has 0 spiro atoms. The summed E-state index contributed by atoms with van der Waals surface area (Å²) in [5, 5.41) is 0. The molecule has 0 radical (unpaired) electrons. The normalized spacial score (nSPS) is 15.0. The molecule has 0 saturated heterocycles. The van der Waals surface area contributed by atoms with Gasteiger partial charge in [0.25, 0.3) is 5.88 Å². The van der Waals surface area contributed by atoms with E-state index in [0.717, 1.165) is 6.42 Å². The number of aromatic nitrogens is 2. The lowest BCUT2D eigenvalue weighted by Gasteiger charge is -2.18. The Kier molecular flexibility index (Phi) is 4.43. The summed E-state index contributed by atoms with van der Waals surface area (Å²) in [5.41, 5.74) is -4.46. The Balaban J connectivity index is 2.11. The van der Waals surface area contributed by atoms with E-state index in [1.165, 1.54) is 11.8 Å². The quantitative estimate of drug-likeness (QED) is 0.604. The van der Waals surface area contributed by atoms with Gasteiger partial charge in [-0.3, -0.25) is 0 Å². The van der Waals surface area contributed by atoms with Crippen molar-refractivity contribution in [3.05, 3.63) is 36.0 Å². The fourth-order valence-corrected chi connectivity index (χ4v) is 3.62. The van der Waals surface area contributed by atoms with Crippen LogP contribution in [0.25, 0.3) is 11.4 Å². The van der Waals surface area contributed by atoms with Crippen LogP contribution in [0.1, 0.15) is 12.1 Å². The molecule has 5 nitrogen and oxygen atoms in total. The molecule has 24 heavy (non-hydrogen) atoms. The predicted molar refractivity (Wildman–Crippen MR) is 82.1 cm³/mol. The number of fused-ring (bicyclic) bond motifs is 1. The summed E-state index contributed by atoms with van der Waals surface area (Å²) in [6.07, 6.45) is 1.31. The van der Waals surface area contributed by atoms with E-state index in [1.807, 2.05) is 0 Å². The molecule has 0 bridgehead atoms. The lowest BCUT2D eigenvalue weighted by atomic mass is 10.2. The summed E-state index contributed by atoms with van der Waals surface area (Å²) >= 11 is 1.19. The average Bonchev–Trinajstić information content (AvgIpc) is 2.54. The number of benzene rings is 1. The maximum atomic E-state index is 12.6. The Hall–Kier alpha value is -1.81. The molecule has 0 aliphatic carbocycles. The van der Waals surface area contributed by atoms with E-state index in [-0.39, 0.29) is 10.7 Å². The smallest absolute Gasteiger partial charge is 0.354 e. The number of hydrogen-bond donors (Lipinski definition) is 0. The van der Waals surface area contributed by atoms with Gasteiger partial charge in [0.05, 0.1) is 10.6 Å². The Morgan fingerprint density at radius 3 is 2.50 bits per heavy atom. The number of hydrogen-bond acceptors (Lipinski definition) is 6. The summed E-state index contributed by atoms with van der Waals surface area (Å²) in [5.74, 6) is 0.189. The molecule has 2 heterocycles. The molecule has 0 atom stereocenters. The van der Waals surface area contributed by atoms with Crippen molar-refractivity contribution in [3.8, 4) is 17.3 Å². The van der Waals surface area contributed by atoms with Crippen molar-refractivity contribution in [1.29, 1.82) is 0 Å². The van der Waals surface area contributed by atoms with Crippen molar-refractivity contribution in [2.24, 2.45) is 0 Å². The minimum absolute atomic E-state index is 0.129. The second kappa shape index (κ2) is 6.25. The molecule has 3 rings (SSSR count). The van der Waals surface area contributed by atoms with Gasteiger partial charge in [-0.05, 0) is 18.6 Å². The summed E-state index contributed by atoms with van der Waals surface area (Å²) < 4.78 is 64.8. The second-order valence-corrected chi connectivity index (χ2v) is 7.57. The van der Waals surface area contributed by atoms with E-state index in [9.17, 15) is 21.6 Å². The van der Waals surface area contributed by atoms with Gasteiger partial charge in [-0.25, -0.2) is 4.98 Å². The summed E-state index contributed by atoms with van der Waals surface area (Å²) in [4.78, 5) is 8.51. The highest BCUT2D eigenvalue weighted by Crippen LogP contribution is 2.39. The van der Waals surface area contributed by atoms with E-state index in [0.29, 0.717) is 23.4 Å². The van der Waals surface area contributed by atoms with Crippen LogP contribution in [-0.2, 0) is 16.5 Å². The standard InChI is InChI=1S/C14H11F3N2O3S2/c15-14(16,17)24(20,21)22-13-11-10(7-4-8-23-11)18-12(19-13)9-5-2-1-3-6-9/h1-3,5-6H,4,7-8H2. The van der Waals surface area contributed by atoms with Crippen LogP contribution in [0.5, 0.6) is 5.88 Å². The summed E-state index contributed by atoms with van der Waals surface area (Å²) in [7, 11) is -5.79. The molecule has 0 fully saturated rings. The van der Waals surface area contributed by atoms with Gasteiger partial charge < -0.3 is 4.18 Å². The van der Waals surface area contributed by atoms with Crippen LogP contribution in [0.15, 0.2) is 35.2 Å². The Bertz CT molecular complexity index is 856. The van der Waals surface area contributed by atoms with Crippen molar-refractivity contribution in [2.75, 3.05) is 5.75 Å². The average molecular weight is 376 g/mol. The topological polar surface area (TPSA) is 69.2 Å². The zero-order valence-corrected chi connectivity index (χ0v) is 13.7. The third-order valence-corrected chi connectivity index (χ3v) is 5.35. The molecule has 1 aromatic carbocycles. The van der Waals surface area contributed by atoms with Crippen molar-refractivity contribution >= 4 is 21.9 Å². The molecule has 0 N–H and O–H groups in total. The SMILES string of the molecule is O=S(=O)(Oc1nc(-c2ccccc2)nc2c1SCCC2)C(F)(F)F. The first kappa shape index (κ1) is 17.0. The Morgan fingerprint density at radius 2 is 1.83 bits per heavy atom. The zero-order chi connectivity index (χ0) is 17.4. The van der Waals surface area contributed by atoms with Gasteiger partial charge in [-0.15, -0.1) is 11.8 Å². The molecule has 128 valence electrons. The van der Waals surface area contributed by atoms with Crippen LogP contribution >= 0.6 is 11.8 Å². The molecule has 0 saturated carbocycles. The van der Waals surface area contributed by atoms with E-state index < -0.39 is 21.5 Å². The highest BCUT2D eigenvalue weighted by atomic mass is 32.2. The minimum Gasteiger partial charge on any atom is -0.354 e. The fraction of sp³-hybridized carbons (Fsp3) is 0.286. The maximum Gasteiger partial charge on any atom is 0.534 e. The van der Waals surface area contributed by atoms with Gasteiger partial charge in [-0.2, -0.15) is 26.6 Å². The van der Waals surface area contributed by atoms with Crippen LogP contribution in [0, 0.1) is 0 Å². The van der Waals surface area contributed by atoms with Gasteiger partial charge in [0.1, 0.15) is 0 Å². The molecule has 1 aliphatic rings. The van der Waals surface area contributed by atoms with Gasteiger partial charge in [0, 0.05) is 5.56 Å². The number of nitrogens with zero attached hydrogens (tertiary/aromatic N) is 2. The highest BCUT2D eigenvalue weighted by molar-refractivity contribution is 7.99. The molecule has 1 aliphatic heterocycles. The molecule has 10 heteroatoms. The third-order valence-electron chi connectivity index (χ3n) is 3.21. The second-order valence-electron chi connectivity index (χ2n) is 4.93. The number of alkyl halides is 3. The maximum absolute atomic E-state index is 12.6. The molecular formula is C14H11F3N2O3S2. The van der Waals surface area contributed by atoms with Crippen LogP contribution in [0.3, 0.4) is 0 Å². The highest BCUT2D eigenvalue weighted by Gasteiger charge is 2.49. The molecule has 1 aromatic heterocycles. The first-order valence-electron chi connectivity index (χ1n) is 6.88. The van der Waals surface area contributed by atoms with Crippen molar-refractivity contribution in [1.82, 2.24) is 9.97 Å². The molecule has 2 aromatic rings. The monoisotopic (exact) mass is 376 g/mol. The lowest BCUT2D eigenvalue weighted by Crippen LogP contribution is -2.29. The summed E-state index contributed by atoms with van der Waals surface area (Å²) in [6, 6.07) is 8.57. The van der Waals surface area contributed by atoms with Crippen LogP contribution in [0.2, 0.25) is 0 Å². The van der Waals surface area contributed by atoms with Crippen molar-refractivity contribution in [2.45, 2.75) is 23.2 Å². The van der Waals surface area contributed by atoms with Crippen molar-refractivity contribution < 1.29 is 25.8 Å². The molecule has 0 amide bonds. The van der Waals surface area contributed by atoms with Crippen LogP contribution in [0.4, 0.5) is 13.2 Å². The van der Waals surface area contributed by atoms with Gasteiger partial charge in [0.15, 0.2) is 5.82 Å². The lowest BCUT2D eigenvalue weighted by molar-refractivity contribution is -0.0502. The Morgan fingerprint density at radius 1 is 1.12 bits per heavy atom. The summed E-state index contributed by atoms with van der Waals surface area (Å²) in [6.45, 7) is 0. The predicted octanol–water partition coefficient (Wildman–Crippen LogP) is 3.41. The van der Waals surface area contributed by atoms with E-state index in [1.54, 1.807) is 30.3 Å². The molecular weight excluding hydrogens is 365 g/mol. The number of aryl methyl sites for hydroxylation is 1. The third kappa shape index (κ3) is 3.34. The van der Waals surface area contributed by atoms with Crippen LogP contribution in [-0.4, -0.2) is 29.6 Å². The van der Waals surface area contributed by atoms with Crippen molar-refractivity contribution in [3.63, 3.8) is 0 Å². The van der Waals surface area contributed by atoms with Gasteiger partial charge >= 0.3 is 15.6 Å². The van der Waals surface area contributed by atoms with Crippen LogP contribution < -0.4 is 4.18 Å². The van der Waals surface area contributed by atoms with Gasteiger partial charge in [0.2, 0.25) is 0 Å². The zero-order valence-electron chi connectivity index (χ0n) is 12.1. The largest absolute Gasteiger partial charge is 0.534 e. The number of thioether (sulfide) groups is 1. The fourth-order valence-electron chi connectivity index (χ4n) is 2.13. The van der Waals surface area contributed by atoms with E-state index in [4.69, 9.17) is 0 Å². The van der Waals surface area contributed by atoms with E-state index in [2.05, 4.69) is 14.2 Å². The number of rotatable bonds is 3. The van der Waals surface area contributed by atoms with E-state index >= 15 is 0 Å². The first-order valence-corrected chi connectivity index (χ1v) is 9.27. The number of halogens is 3.